The third-order valence-corrected chi connectivity index (χ3v) is 5.41. The molecule has 1 aliphatic heterocycles. The largest absolute Gasteiger partial charge is 0.467 e. The van der Waals surface area contributed by atoms with E-state index in [0.717, 1.165) is 22.3 Å². The molecule has 1 aliphatic rings. The van der Waals surface area contributed by atoms with Gasteiger partial charge in [-0.3, -0.25) is 14.5 Å². The molecule has 2 heterocycles. The minimum Gasteiger partial charge on any atom is -0.467 e. The minimum atomic E-state index is -0.397. The van der Waals surface area contributed by atoms with E-state index in [2.05, 4.69) is 5.32 Å². The second-order valence-corrected chi connectivity index (χ2v) is 7.86. The minimum absolute atomic E-state index is 0.0682. The normalized spacial score (nSPS) is 14.1. The molecule has 0 saturated carbocycles. The number of furan rings is 1. The lowest BCUT2D eigenvalue weighted by molar-refractivity contribution is -0.137. The average molecular weight is 421 g/mol. The molecule has 1 aromatic heterocycles. The number of carbonyl (C=O) groups is 2. The summed E-state index contributed by atoms with van der Waals surface area (Å²) in [6, 6.07) is 14.7. The summed E-state index contributed by atoms with van der Waals surface area (Å²) in [4.78, 5) is 27.9. The van der Waals surface area contributed by atoms with E-state index in [0.29, 0.717) is 22.0 Å². The van der Waals surface area contributed by atoms with Crippen LogP contribution in [0.15, 0.2) is 64.9 Å². The van der Waals surface area contributed by atoms with Crippen LogP contribution in [-0.2, 0) is 16.1 Å². The van der Waals surface area contributed by atoms with Gasteiger partial charge in [-0.2, -0.15) is 0 Å². The number of amides is 2. The Morgan fingerprint density at radius 3 is 2.47 bits per heavy atom. The second kappa shape index (κ2) is 7.84. The fourth-order valence-electron chi connectivity index (χ4n) is 3.60. The Kier molecular flexibility index (Phi) is 5.22. The molecule has 0 saturated heterocycles. The Hall–Kier alpha value is -3.31. The number of nitrogens with one attached hydrogen (secondary N) is 1. The quantitative estimate of drug-likeness (QED) is 0.572. The molecule has 152 valence electrons. The Morgan fingerprint density at radius 1 is 0.967 bits per heavy atom. The summed E-state index contributed by atoms with van der Waals surface area (Å²) in [7, 11) is 0. The summed E-state index contributed by atoms with van der Waals surface area (Å²) in [6.45, 7) is 5.91. The lowest BCUT2D eigenvalue weighted by atomic mass is 9.97. The van der Waals surface area contributed by atoms with Crippen molar-refractivity contribution < 1.29 is 14.0 Å². The van der Waals surface area contributed by atoms with Crippen LogP contribution in [0, 0.1) is 20.8 Å². The van der Waals surface area contributed by atoms with Crippen molar-refractivity contribution in [3.63, 3.8) is 0 Å². The molecule has 0 bridgehead atoms. The number of nitrogens with zero attached hydrogens (tertiary/aromatic N) is 1. The molecule has 0 fully saturated rings. The Morgan fingerprint density at radius 2 is 1.77 bits per heavy atom. The van der Waals surface area contributed by atoms with Crippen molar-refractivity contribution >= 4 is 34.7 Å². The number of hydrogen-bond acceptors (Lipinski definition) is 4. The van der Waals surface area contributed by atoms with Gasteiger partial charge in [-0.05, 0) is 61.7 Å². The number of rotatable bonds is 5. The maximum absolute atomic E-state index is 13.4. The van der Waals surface area contributed by atoms with Gasteiger partial charge in [0.2, 0.25) is 0 Å². The number of imide groups is 1. The molecule has 5 nitrogen and oxygen atoms in total. The van der Waals surface area contributed by atoms with E-state index in [1.807, 2.05) is 45.0 Å². The van der Waals surface area contributed by atoms with Crippen molar-refractivity contribution in [2.45, 2.75) is 27.3 Å². The van der Waals surface area contributed by atoms with Crippen molar-refractivity contribution in [3.05, 3.63) is 93.5 Å². The second-order valence-electron chi connectivity index (χ2n) is 7.43. The molecule has 0 unspecified atom stereocenters. The number of benzene rings is 2. The fourth-order valence-corrected chi connectivity index (χ4v) is 3.77. The van der Waals surface area contributed by atoms with E-state index in [4.69, 9.17) is 16.0 Å². The maximum Gasteiger partial charge on any atom is 0.278 e. The molecule has 6 heteroatoms. The summed E-state index contributed by atoms with van der Waals surface area (Å²) in [5.41, 5.74) is 4.92. The first kappa shape index (κ1) is 20.0. The number of anilines is 1. The van der Waals surface area contributed by atoms with Gasteiger partial charge in [0.15, 0.2) is 0 Å². The third-order valence-electron chi connectivity index (χ3n) is 5.17. The third kappa shape index (κ3) is 3.64. The van der Waals surface area contributed by atoms with Crippen molar-refractivity contribution in [1.29, 1.82) is 0 Å². The number of hydrogen-bond donors (Lipinski definition) is 1. The summed E-state index contributed by atoms with van der Waals surface area (Å²) in [6.07, 6.45) is 1.52. The van der Waals surface area contributed by atoms with Crippen LogP contribution in [0.1, 0.15) is 28.0 Å². The maximum atomic E-state index is 13.4. The molecule has 0 radical (unpaired) electrons. The van der Waals surface area contributed by atoms with Crippen LogP contribution in [0.25, 0.3) is 5.57 Å². The van der Waals surface area contributed by atoms with Crippen molar-refractivity contribution in [2.24, 2.45) is 0 Å². The van der Waals surface area contributed by atoms with Gasteiger partial charge in [-0.1, -0.05) is 41.4 Å². The zero-order valence-corrected chi connectivity index (χ0v) is 17.7. The summed E-state index contributed by atoms with van der Waals surface area (Å²) in [5, 5.41) is 3.73. The molecular weight excluding hydrogens is 400 g/mol. The van der Waals surface area contributed by atoms with Crippen LogP contribution in [0.4, 0.5) is 5.69 Å². The van der Waals surface area contributed by atoms with Gasteiger partial charge in [0, 0.05) is 10.7 Å². The Balaban J connectivity index is 1.82. The van der Waals surface area contributed by atoms with E-state index in [-0.39, 0.29) is 18.1 Å². The first-order valence-corrected chi connectivity index (χ1v) is 9.96. The highest BCUT2D eigenvalue weighted by atomic mass is 35.5. The van der Waals surface area contributed by atoms with Gasteiger partial charge < -0.3 is 9.73 Å². The molecule has 4 rings (SSSR count). The summed E-state index contributed by atoms with van der Waals surface area (Å²) < 4.78 is 5.36. The van der Waals surface area contributed by atoms with E-state index >= 15 is 0 Å². The molecule has 0 atom stereocenters. The molecule has 2 amide bonds. The first-order valence-electron chi connectivity index (χ1n) is 9.59. The van der Waals surface area contributed by atoms with Crippen LogP contribution in [0.3, 0.4) is 0 Å². The first-order chi connectivity index (χ1) is 14.3. The SMILES string of the molecule is Cc1ccc(C2=C(Nc3cc(Cl)ccc3C)C(=O)N(Cc3ccco3)C2=O)c(C)c1. The zero-order valence-electron chi connectivity index (χ0n) is 17.0. The monoisotopic (exact) mass is 420 g/mol. The molecular formula is C24H21ClN2O3. The van der Waals surface area contributed by atoms with E-state index < -0.39 is 5.91 Å². The molecule has 30 heavy (non-hydrogen) atoms. The van der Waals surface area contributed by atoms with Crippen molar-refractivity contribution in [3.8, 4) is 0 Å². The van der Waals surface area contributed by atoms with Crippen LogP contribution >= 0.6 is 11.6 Å². The van der Waals surface area contributed by atoms with E-state index in [9.17, 15) is 9.59 Å². The predicted octanol–water partition coefficient (Wildman–Crippen LogP) is 5.25. The molecule has 1 N–H and O–H groups in total. The number of carbonyl (C=O) groups excluding carboxylic acids is 2. The fraction of sp³-hybridized carbons (Fsp3) is 0.167. The Bertz CT molecular complexity index is 1180. The van der Waals surface area contributed by atoms with Crippen LogP contribution < -0.4 is 5.32 Å². The highest BCUT2D eigenvalue weighted by Crippen LogP contribution is 2.34. The van der Waals surface area contributed by atoms with Gasteiger partial charge in [0.05, 0.1) is 18.4 Å². The lowest BCUT2D eigenvalue weighted by Gasteiger charge is -2.14. The highest BCUT2D eigenvalue weighted by molar-refractivity contribution is 6.37. The number of halogens is 1. The highest BCUT2D eigenvalue weighted by Gasteiger charge is 2.40. The predicted molar refractivity (Wildman–Crippen MR) is 117 cm³/mol. The smallest absolute Gasteiger partial charge is 0.278 e. The van der Waals surface area contributed by atoms with Crippen molar-refractivity contribution in [2.75, 3.05) is 5.32 Å². The van der Waals surface area contributed by atoms with Crippen LogP contribution in [-0.4, -0.2) is 16.7 Å². The van der Waals surface area contributed by atoms with Gasteiger partial charge in [0.25, 0.3) is 11.8 Å². The van der Waals surface area contributed by atoms with Gasteiger partial charge in [-0.15, -0.1) is 0 Å². The van der Waals surface area contributed by atoms with Crippen LogP contribution in [0.5, 0.6) is 0 Å². The van der Waals surface area contributed by atoms with E-state index in [1.54, 1.807) is 24.3 Å². The summed E-state index contributed by atoms with van der Waals surface area (Å²) >= 11 is 6.16. The standard InChI is InChI=1S/C24H21ClN2O3/c1-14-6-9-19(16(3)11-14)21-22(26-20-12-17(25)8-7-15(20)2)24(29)27(23(21)28)13-18-5-4-10-30-18/h4-12,26H,13H2,1-3H3. The lowest BCUT2D eigenvalue weighted by Crippen LogP contribution is -2.31. The molecule has 3 aromatic rings. The van der Waals surface area contributed by atoms with Gasteiger partial charge >= 0.3 is 0 Å². The van der Waals surface area contributed by atoms with E-state index in [1.165, 1.54) is 11.2 Å². The zero-order chi connectivity index (χ0) is 21.4. The van der Waals surface area contributed by atoms with Crippen LogP contribution in [0.2, 0.25) is 5.02 Å². The summed E-state index contributed by atoms with van der Waals surface area (Å²) in [5.74, 6) is -0.215. The average Bonchev–Trinajstić information content (AvgIpc) is 3.29. The molecule has 2 aromatic carbocycles. The Labute approximate surface area is 180 Å². The van der Waals surface area contributed by atoms with Gasteiger partial charge in [-0.25, -0.2) is 0 Å². The molecule has 0 spiro atoms. The number of aryl methyl sites for hydroxylation is 3. The van der Waals surface area contributed by atoms with Crippen molar-refractivity contribution in [1.82, 2.24) is 4.90 Å². The van der Waals surface area contributed by atoms with Gasteiger partial charge in [0.1, 0.15) is 11.5 Å². The molecule has 0 aliphatic carbocycles. The topological polar surface area (TPSA) is 62.6 Å².